The summed E-state index contributed by atoms with van der Waals surface area (Å²) in [6.07, 6.45) is 1.42. The zero-order chi connectivity index (χ0) is 24.2. The normalized spacial score (nSPS) is 14.9. The van der Waals surface area contributed by atoms with Crippen molar-refractivity contribution in [2.75, 3.05) is 12.0 Å². The van der Waals surface area contributed by atoms with Gasteiger partial charge in [-0.15, -0.1) is 0 Å². The Morgan fingerprint density at radius 1 is 1.03 bits per heavy atom. The van der Waals surface area contributed by atoms with Gasteiger partial charge in [-0.3, -0.25) is 14.9 Å². The van der Waals surface area contributed by atoms with Crippen LogP contribution in [0.25, 0.3) is 6.08 Å². The standard InChI is InChI=1S/C25H18ClIN2O5/c1-33-21-13-15(12-20(27)22(21)34-14-16-7-5-6-10-19(16)26)11-18-23(30)28-25(32)29(24(18)31)17-8-3-2-4-9-17/h2-13H,14H2,1H3,(H,28,30,32)/b18-11-. The first-order valence-electron chi connectivity index (χ1n) is 10.1. The fourth-order valence-corrected chi connectivity index (χ4v) is 4.34. The van der Waals surface area contributed by atoms with Crippen LogP contribution in [0.1, 0.15) is 11.1 Å². The van der Waals surface area contributed by atoms with Gasteiger partial charge in [-0.1, -0.05) is 48.0 Å². The van der Waals surface area contributed by atoms with Gasteiger partial charge in [0.15, 0.2) is 11.5 Å². The molecular formula is C25H18ClIN2O5. The fourth-order valence-electron chi connectivity index (χ4n) is 3.36. The minimum Gasteiger partial charge on any atom is -0.493 e. The molecule has 0 unspecified atom stereocenters. The Kier molecular flexibility index (Phi) is 7.18. The number of rotatable bonds is 6. The van der Waals surface area contributed by atoms with Gasteiger partial charge in [0.25, 0.3) is 11.8 Å². The van der Waals surface area contributed by atoms with Crippen molar-refractivity contribution in [3.05, 3.63) is 92.0 Å². The summed E-state index contributed by atoms with van der Waals surface area (Å²) in [5.74, 6) is -0.556. The molecule has 0 spiro atoms. The van der Waals surface area contributed by atoms with E-state index in [0.29, 0.717) is 31.3 Å². The molecule has 1 N–H and O–H groups in total. The second-order valence-corrected chi connectivity index (χ2v) is 8.78. The number of hydrogen-bond acceptors (Lipinski definition) is 5. The number of methoxy groups -OCH3 is 1. The maximum atomic E-state index is 13.1. The number of halogens is 2. The monoisotopic (exact) mass is 588 g/mol. The zero-order valence-electron chi connectivity index (χ0n) is 17.9. The van der Waals surface area contributed by atoms with Crippen LogP contribution in [0.3, 0.4) is 0 Å². The Bertz CT molecular complexity index is 1310. The third-order valence-corrected chi connectivity index (χ3v) is 6.18. The quantitative estimate of drug-likeness (QED) is 0.243. The van der Waals surface area contributed by atoms with Gasteiger partial charge in [-0.25, -0.2) is 9.69 Å². The van der Waals surface area contributed by atoms with E-state index >= 15 is 0 Å². The lowest BCUT2D eigenvalue weighted by atomic mass is 10.1. The number of barbiturate groups is 1. The number of para-hydroxylation sites is 1. The van der Waals surface area contributed by atoms with E-state index < -0.39 is 17.8 Å². The molecule has 0 radical (unpaired) electrons. The summed E-state index contributed by atoms with van der Waals surface area (Å²) in [6, 6.07) is 18.4. The first-order valence-corrected chi connectivity index (χ1v) is 11.5. The number of urea groups is 1. The van der Waals surface area contributed by atoms with Gasteiger partial charge in [0.05, 0.1) is 16.4 Å². The average Bonchev–Trinajstić information content (AvgIpc) is 2.82. The van der Waals surface area contributed by atoms with Crippen LogP contribution in [-0.2, 0) is 16.2 Å². The third kappa shape index (κ3) is 4.92. The zero-order valence-corrected chi connectivity index (χ0v) is 20.8. The molecule has 1 fully saturated rings. The van der Waals surface area contributed by atoms with Gasteiger partial charge in [-0.2, -0.15) is 0 Å². The molecule has 0 aromatic heterocycles. The van der Waals surface area contributed by atoms with Crippen LogP contribution in [0.5, 0.6) is 11.5 Å². The van der Waals surface area contributed by atoms with Gasteiger partial charge in [0, 0.05) is 10.6 Å². The van der Waals surface area contributed by atoms with Crippen molar-refractivity contribution in [1.29, 1.82) is 0 Å². The number of imide groups is 2. The van der Waals surface area contributed by atoms with Crippen LogP contribution in [0.2, 0.25) is 5.02 Å². The average molecular weight is 589 g/mol. The molecule has 1 saturated heterocycles. The van der Waals surface area contributed by atoms with E-state index in [2.05, 4.69) is 27.9 Å². The Labute approximate surface area is 214 Å². The van der Waals surface area contributed by atoms with Crippen LogP contribution >= 0.6 is 34.2 Å². The van der Waals surface area contributed by atoms with Gasteiger partial charge in [-0.05, 0) is 64.6 Å². The second-order valence-electron chi connectivity index (χ2n) is 7.21. The number of carbonyl (C=O) groups is 3. The molecule has 7 nitrogen and oxygen atoms in total. The van der Waals surface area contributed by atoms with Crippen LogP contribution < -0.4 is 19.7 Å². The molecule has 9 heteroatoms. The number of anilines is 1. The number of benzene rings is 3. The van der Waals surface area contributed by atoms with Gasteiger partial charge >= 0.3 is 6.03 Å². The summed E-state index contributed by atoms with van der Waals surface area (Å²) in [4.78, 5) is 38.8. The van der Waals surface area contributed by atoms with Crippen molar-refractivity contribution in [1.82, 2.24) is 5.32 Å². The number of carbonyl (C=O) groups excluding carboxylic acids is 3. The van der Waals surface area contributed by atoms with Crippen LogP contribution in [0.15, 0.2) is 72.3 Å². The lowest BCUT2D eigenvalue weighted by Gasteiger charge is -2.26. The summed E-state index contributed by atoms with van der Waals surface area (Å²) in [7, 11) is 1.50. The maximum Gasteiger partial charge on any atom is 0.335 e. The summed E-state index contributed by atoms with van der Waals surface area (Å²) in [5.41, 5.74) is 1.54. The largest absolute Gasteiger partial charge is 0.493 e. The second kappa shape index (κ2) is 10.3. The highest BCUT2D eigenvalue weighted by Crippen LogP contribution is 2.36. The molecule has 1 aliphatic heterocycles. The first kappa shape index (κ1) is 23.8. The topological polar surface area (TPSA) is 84.9 Å². The van der Waals surface area contributed by atoms with Gasteiger partial charge in [0.1, 0.15) is 12.2 Å². The van der Waals surface area contributed by atoms with Crippen LogP contribution in [0.4, 0.5) is 10.5 Å². The molecular weight excluding hydrogens is 571 g/mol. The predicted molar refractivity (Wildman–Crippen MR) is 137 cm³/mol. The molecule has 3 aromatic carbocycles. The fraction of sp³-hybridized carbons (Fsp3) is 0.0800. The minimum atomic E-state index is -0.797. The van der Waals surface area contributed by atoms with E-state index in [1.807, 2.05) is 18.2 Å². The van der Waals surface area contributed by atoms with Gasteiger partial charge < -0.3 is 9.47 Å². The molecule has 172 valence electrons. The Morgan fingerprint density at radius 2 is 1.74 bits per heavy atom. The molecule has 4 rings (SSSR count). The highest BCUT2D eigenvalue weighted by atomic mass is 127. The van der Waals surface area contributed by atoms with Crippen LogP contribution in [-0.4, -0.2) is 25.0 Å². The lowest BCUT2D eigenvalue weighted by Crippen LogP contribution is -2.54. The molecule has 0 saturated carbocycles. The van der Waals surface area contributed by atoms with Crippen LogP contribution in [0, 0.1) is 3.57 Å². The van der Waals surface area contributed by atoms with Crippen molar-refractivity contribution >= 4 is 63.8 Å². The number of hydrogen-bond donors (Lipinski definition) is 1. The van der Waals surface area contributed by atoms with E-state index in [9.17, 15) is 14.4 Å². The number of nitrogens with zero attached hydrogens (tertiary/aromatic N) is 1. The summed E-state index contributed by atoms with van der Waals surface area (Å²) < 4.78 is 12.2. The van der Waals surface area contributed by atoms with Gasteiger partial charge in [0.2, 0.25) is 0 Å². The first-order chi connectivity index (χ1) is 16.4. The van der Waals surface area contributed by atoms with E-state index in [1.54, 1.807) is 48.5 Å². The highest BCUT2D eigenvalue weighted by Gasteiger charge is 2.36. The minimum absolute atomic E-state index is 0.175. The summed E-state index contributed by atoms with van der Waals surface area (Å²) >= 11 is 8.30. The smallest absolute Gasteiger partial charge is 0.335 e. The van der Waals surface area contributed by atoms with Crippen molar-refractivity contribution in [2.24, 2.45) is 0 Å². The molecule has 34 heavy (non-hydrogen) atoms. The van der Waals surface area contributed by atoms with E-state index in [0.717, 1.165) is 10.5 Å². The van der Waals surface area contributed by atoms with E-state index in [4.69, 9.17) is 21.1 Å². The van der Waals surface area contributed by atoms with E-state index in [-0.39, 0.29) is 12.2 Å². The number of ether oxygens (including phenoxy) is 2. The third-order valence-electron chi connectivity index (χ3n) is 5.01. The number of amides is 4. The molecule has 1 heterocycles. The molecule has 3 aromatic rings. The summed E-state index contributed by atoms with van der Waals surface area (Å²) in [6.45, 7) is 0.238. The Morgan fingerprint density at radius 3 is 2.44 bits per heavy atom. The van der Waals surface area contributed by atoms with Crippen molar-refractivity contribution in [3.8, 4) is 11.5 Å². The molecule has 0 atom stereocenters. The van der Waals surface area contributed by atoms with E-state index in [1.165, 1.54) is 13.2 Å². The molecule has 0 bridgehead atoms. The summed E-state index contributed by atoms with van der Waals surface area (Å²) in [5, 5.41) is 2.81. The van der Waals surface area contributed by atoms with Crippen molar-refractivity contribution in [2.45, 2.75) is 6.61 Å². The Hall–Kier alpha value is -3.37. The SMILES string of the molecule is COc1cc(/C=C2/C(=O)NC(=O)N(c3ccccc3)C2=O)cc(I)c1OCc1ccccc1Cl. The molecule has 1 aliphatic rings. The molecule has 4 amide bonds. The lowest BCUT2D eigenvalue weighted by molar-refractivity contribution is -0.122. The van der Waals surface area contributed by atoms with Crippen molar-refractivity contribution in [3.63, 3.8) is 0 Å². The van der Waals surface area contributed by atoms with Crippen molar-refractivity contribution < 1.29 is 23.9 Å². The maximum absolute atomic E-state index is 13.1. The predicted octanol–water partition coefficient (Wildman–Crippen LogP) is 5.20. The highest BCUT2D eigenvalue weighted by molar-refractivity contribution is 14.1. The number of nitrogens with one attached hydrogen (secondary N) is 1. The molecule has 0 aliphatic carbocycles. The Balaban J connectivity index is 1.65.